The van der Waals surface area contributed by atoms with Crippen molar-refractivity contribution in [3.8, 4) is 0 Å². The summed E-state index contributed by atoms with van der Waals surface area (Å²) in [5, 5.41) is 0. The third-order valence-corrected chi connectivity index (χ3v) is 1.74. The summed E-state index contributed by atoms with van der Waals surface area (Å²) in [5.74, 6) is 0. The zero-order chi connectivity index (χ0) is 7.40. The Morgan fingerprint density at radius 1 is 1.60 bits per heavy atom. The highest BCUT2D eigenvalue weighted by molar-refractivity contribution is 5.73. The first-order valence-electron chi connectivity index (χ1n) is 3.60. The van der Waals surface area contributed by atoms with Gasteiger partial charge in [-0.3, -0.25) is 4.79 Å². The summed E-state index contributed by atoms with van der Waals surface area (Å²) in [6.07, 6.45) is 4.01. The number of hydrogen-bond donors (Lipinski definition) is 0. The van der Waals surface area contributed by atoms with E-state index in [4.69, 9.17) is 4.74 Å². The van der Waals surface area contributed by atoms with E-state index in [2.05, 4.69) is 6.58 Å². The predicted octanol–water partition coefficient (Wildman–Crippen LogP) is 1.31. The summed E-state index contributed by atoms with van der Waals surface area (Å²) >= 11 is 0. The zero-order valence-electron chi connectivity index (χ0n) is 6.01. The third-order valence-electron chi connectivity index (χ3n) is 1.74. The fraction of sp³-hybridized carbons (Fsp3) is 0.625. The van der Waals surface area contributed by atoms with Crippen molar-refractivity contribution in [1.29, 1.82) is 0 Å². The molecule has 1 saturated heterocycles. The van der Waals surface area contributed by atoms with Crippen LogP contribution in [0.5, 0.6) is 0 Å². The number of ether oxygens (including phenoxy) is 1. The van der Waals surface area contributed by atoms with Crippen LogP contribution in [0.4, 0.5) is 0 Å². The van der Waals surface area contributed by atoms with Crippen LogP contribution in [-0.4, -0.2) is 19.0 Å². The molecule has 1 aliphatic rings. The minimum absolute atomic E-state index is 0.00579. The molecule has 2 nitrogen and oxygen atoms in total. The van der Waals surface area contributed by atoms with Gasteiger partial charge in [-0.1, -0.05) is 6.58 Å². The van der Waals surface area contributed by atoms with E-state index in [0.717, 1.165) is 32.2 Å². The van der Waals surface area contributed by atoms with E-state index in [1.807, 2.05) is 0 Å². The Bertz CT molecular complexity index is 134. The van der Waals surface area contributed by atoms with Crippen LogP contribution in [0.15, 0.2) is 12.2 Å². The van der Waals surface area contributed by atoms with Crippen molar-refractivity contribution in [2.75, 3.05) is 6.61 Å². The van der Waals surface area contributed by atoms with Crippen LogP contribution in [0.2, 0.25) is 0 Å². The first-order valence-corrected chi connectivity index (χ1v) is 3.60. The molecule has 1 fully saturated rings. The lowest BCUT2D eigenvalue weighted by Gasteiger charge is -2.21. The highest BCUT2D eigenvalue weighted by Crippen LogP contribution is 2.16. The smallest absolute Gasteiger partial charge is 0.148 e. The van der Waals surface area contributed by atoms with Crippen molar-refractivity contribution in [2.24, 2.45) is 0 Å². The normalized spacial score (nSPS) is 25.8. The quantitative estimate of drug-likeness (QED) is 0.427. The molecular weight excluding hydrogens is 128 g/mol. The molecule has 0 saturated carbocycles. The van der Waals surface area contributed by atoms with E-state index in [9.17, 15) is 4.79 Å². The summed E-state index contributed by atoms with van der Waals surface area (Å²) < 4.78 is 5.30. The average Bonchev–Trinajstić information content (AvgIpc) is 2.05. The van der Waals surface area contributed by atoms with E-state index in [-0.39, 0.29) is 6.10 Å². The lowest BCUT2D eigenvalue weighted by atomic mass is 10.0. The van der Waals surface area contributed by atoms with E-state index in [1.54, 1.807) is 0 Å². The molecule has 0 N–H and O–H groups in total. The Labute approximate surface area is 60.9 Å². The molecule has 1 heterocycles. The van der Waals surface area contributed by atoms with Gasteiger partial charge in [0.1, 0.15) is 6.29 Å². The molecule has 0 radical (unpaired) electrons. The van der Waals surface area contributed by atoms with Gasteiger partial charge in [-0.2, -0.15) is 0 Å². The van der Waals surface area contributed by atoms with Crippen LogP contribution in [-0.2, 0) is 9.53 Å². The van der Waals surface area contributed by atoms with E-state index in [1.165, 1.54) is 0 Å². The lowest BCUT2D eigenvalue weighted by Crippen LogP contribution is -2.21. The fourth-order valence-corrected chi connectivity index (χ4v) is 1.11. The van der Waals surface area contributed by atoms with Gasteiger partial charge in [0.25, 0.3) is 0 Å². The largest absolute Gasteiger partial charge is 0.373 e. The molecule has 0 aromatic rings. The van der Waals surface area contributed by atoms with Gasteiger partial charge in [0.05, 0.1) is 6.10 Å². The average molecular weight is 140 g/mol. The first-order chi connectivity index (χ1) is 4.84. The molecule has 2 heteroatoms. The number of carbonyl (C=O) groups excluding carboxylic acids is 1. The predicted molar refractivity (Wildman–Crippen MR) is 38.8 cm³/mol. The molecule has 0 spiro atoms. The maximum atomic E-state index is 10.2. The minimum atomic E-state index is 0.00579. The molecule has 0 aromatic carbocycles. The summed E-state index contributed by atoms with van der Waals surface area (Å²) in [7, 11) is 0. The van der Waals surface area contributed by atoms with Crippen LogP contribution < -0.4 is 0 Å². The van der Waals surface area contributed by atoms with Crippen molar-refractivity contribution in [2.45, 2.75) is 25.4 Å². The Kier molecular flexibility index (Phi) is 2.63. The van der Waals surface area contributed by atoms with Crippen LogP contribution >= 0.6 is 0 Å². The van der Waals surface area contributed by atoms with Crippen molar-refractivity contribution in [3.63, 3.8) is 0 Å². The highest BCUT2D eigenvalue weighted by Gasteiger charge is 2.15. The van der Waals surface area contributed by atoms with Crippen molar-refractivity contribution < 1.29 is 9.53 Å². The Balaban J connectivity index is 2.38. The maximum absolute atomic E-state index is 10.2. The topological polar surface area (TPSA) is 26.3 Å². The molecule has 0 aromatic heterocycles. The van der Waals surface area contributed by atoms with Gasteiger partial charge in [-0.15, -0.1) is 0 Å². The molecule has 1 rings (SSSR count). The Hall–Kier alpha value is -0.630. The van der Waals surface area contributed by atoms with Crippen LogP contribution in [0.3, 0.4) is 0 Å². The van der Waals surface area contributed by atoms with E-state index in [0.29, 0.717) is 5.57 Å². The number of hydrogen-bond acceptors (Lipinski definition) is 2. The SMILES string of the molecule is C=C(C=O)C1CCCCO1. The molecule has 0 aliphatic carbocycles. The zero-order valence-corrected chi connectivity index (χ0v) is 6.01. The number of rotatable bonds is 2. The van der Waals surface area contributed by atoms with Crippen molar-refractivity contribution in [3.05, 3.63) is 12.2 Å². The second-order valence-electron chi connectivity index (χ2n) is 2.55. The fourth-order valence-electron chi connectivity index (χ4n) is 1.11. The van der Waals surface area contributed by atoms with Gasteiger partial charge >= 0.3 is 0 Å². The lowest BCUT2D eigenvalue weighted by molar-refractivity contribution is -0.106. The Morgan fingerprint density at radius 3 is 2.90 bits per heavy atom. The third kappa shape index (κ3) is 1.67. The summed E-state index contributed by atoms with van der Waals surface area (Å²) in [5.41, 5.74) is 0.583. The minimum Gasteiger partial charge on any atom is -0.373 e. The van der Waals surface area contributed by atoms with Gasteiger partial charge < -0.3 is 4.74 Å². The second-order valence-corrected chi connectivity index (χ2v) is 2.55. The van der Waals surface area contributed by atoms with Crippen molar-refractivity contribution >= 4 is 6.29 Å². The molecule has 1 aliphatic heterocycles. The molecular formula is C8H12O2. The summed E-state index contributed by atoms with van der Waals surface area (Å²) in [6.45, 7) is 4.38. The monoisotopic (exact) mass is 140 g/mol. The molecule has 56 valence electrons. The summed E-state index contributed by atoms with van der Waals surface area (Å²) in [4.78, 5) is 10.2. The Morgan fingerprint density at radius 2 is 2.40 bits per heavy atom. The molecule has 1 unspecified atom stereocenters. The van der Waals surface area contributed by atoms with E-state index >= 15 is 0 Å². The molecule has 0 amide bonds. The van der Waals surface area contributed by atoms with Gasteiger partial charge in [0, 0.05) is 12.2 Å². The van der Waals surface area contributed by atoms with Crippen molar-refractivity contribution in [1.82, 2.24) is 0 Å². The van der Waals surface area contributed by atoms with Gasteiger partial charge in [0.15, 0.2) is 0 Å². The molecule has 10 heavy (non-hydrogen) atoms. The first kappa shape index (κ1) is 7.48. The molecule has 1 atom stereocenters. The van der Waals surface area contributed by atoms with Crippen LogP contribution in [0.25, 0.3) is 0 Å². The van der Waals surface area contributed by atoms with Crippen LogP contribution in [0, 0.1) is 0 Å². The molecule has 0 bridgehead atoms. The van der Waals surface area contributed by atoms with E-state index < -0.39 is 0 Å². The number of aldehydes is 1. The second kappa shape index (κ2) is 3.52. The van der Waals surface area contributed by atoms with Gasteiger partial charge in [-0.25, -0.2) is 0 Å². The number of carbonyl (C=O) groups is 1. The van der Waals surface area contributed by atoms with Crippen LogP contribution in [0.1, 0.15) is 19.3 Å². The maximum Gasteiger partial charge on any atom is 0.148 e. The standard InChI is InChI=1S/C8H12O2/c1-7(6-9)8-4-2-3-5-10-8/h6,8H,1-5H2. The summed E-state index contributed by atoms with van der Waals surface area (Å²) in [6, 6.07) is 0. The van der Waals surface area contributed by atoms with Gasteiger partial charge in [-0.05, 0) is 19.3 Å². The highest BCUT2D eigenvalue weighted by atomic mass is 16.5. The van der Waals surface area contributed by atoms with Gasteiger partial charge in [0.2, 0.25) is 0 Å².